The van der Waals surface area contributed by atoms with Crippen molar-refractivity contribution in [2.45, 2.75) is 45.1 Å². The topological polar surface area (TPSA) is 66.4 Å². The molecule has 0 heterocycles. The molecule has 1 aliphatic carbocycles. The van der Waals surface area contributed by atoms with Gasteiger partial charge in [0.2, 0.25) is 5.91 Å². The molecule has 0 spiro atoms. The van der Waals surface area contributed by atoms with Gasteiger partial charge in [-0.1, -0.05) is 43.1 Å². The number of nitrogens with one attached hydrogen (secondary N) is 1. The van der Waals surface area contributed by atoms with Gasteiger partial charge < -0.3 is 10.4 Å². The Labute approximate surface area is 146 Å². The molecule has 3 atom stereocenters. The van der Waals surface area contributed by atoms with Gasteiger partial charge in [0, 0.05) is 10.0 Å². The van der Waals surface area contributed by atoms with Crippen LogP contribution in [0.4, 0.5) is 0 Å². The highest BCUT2D eigenvalue weighted by Crippen LogP contribution is 2.36. The number of benzene rings is 1. The number of carbonyl (C=O) groups excluding carboxylic acids is 1. The summed E-state index contributed by atoms with van der Waals surface area (Å²) in [5.41, 5.74) is -0.548. The minimum Gasteiger partial charge on any atom is -0.480 e. The quantitative estimate of drug-likeness (QED) is 0.857. The van der Waals surface area contributed by atoms with Crippen molar-refractivity contribution in [1.82, 2.24) is 5.32 Å². The second-order valence-electron chi connectivity index (χ2n) is 6.55. The van der Waals surface area contributed by atoms with Crippen LogP contribution in [0.15, 0.2) is 18.2 Å². The number of amides is 1. The molecule has 1 fully saturated rings. The molecule has 2 N–H and O–H groups in total. The fourth-order valence-electron chi connectivity index (χ4n) is 3.12. The molecule has 3 unspecified atom stereocenters. The Hall–Kier alpha value is -1.26. The first-order valence-corrected chi connectivity index (χ1v) is 8.47. The van der Waals surface area contributed by atoms with E-state index in [4.69, 9.17) is 23.2 Å². The lowest BCUT2D eigenvalue weighted by atomic mass is 9.71. The average molecular weight is 358 g/mol. The average Bonchev–Trinajstić information content (AvgIpc) is 2.46. The largest absolute Gasteiger partial charge is 0.480 e. The van der Waals surface area contributed by atoms with Gasteiger partial charge in [0.05, 0.1) is 6.42 Å². The first-order valence-electron chi connectivity index (χ1n) is 7.72. The molecule has 0 aliphatic heterocycles. The van der Waals surface area contributed by atoms with Crippen LogP contribution in [0.2, 0.25) is 10.0 Å². The summed E-state index contributed by atoms with van der Waals surface area (Å²) in [6.45, 7) is 4.15. The number of hydrogen-bond donors (Lipinski definition) is 2. The third-order valence-corrected chi connectivity index (χ3v) is 5.41. The van der Waals surface area contributed by atoms with Crippen molar-refractivity contribution < 1.29 is 14.7 Å². The smallest absolute Gasteiger partial charge is 0.329 e. The summed E-state index contributed by atoms with van der Waals surface area (Å²) in [6.07, 6.45) is 1.72. The Morgan fingerprint density at radius 3 is 2.57 bits per heavy atom. The van der Waals surface area contributed by atoms with Gasteiger partial charge in [0.15, 0.2) is 0 Å². The van der Waals surface area contributed by atoms with E-state index in [2.05, 4.69) is 12.2 Å². The zero-order valence-electron chi connectivity index (χ0n) is 13.2. The fourth-order valence-corrected chi connectivity index (χ4v) is 3.60. The number of halogens is 2. The third-order valence-electron chi connectivity index (χ3n) is 4.82. The molecule has 2 rings (SSSR count). The summed E-state index contributed by atoms with van der Waals surface area (Å²) >= 11 is 11.9. The van der Waals surface area contributed by atoms with E-state index in [0.717, 1.165) is 6.42 Å². The Kier molecular flexibility index (Phi) is 5.58. The van der Waals surface area contributed by atoms with Crippen LogP contribution in [0, 0.1) is 11.8 Å². The highest BCUT2D eigenvalue weighted by atomic mass is 35.5. The van der Waals surface area contributed by atoms with Gasteiger partial charge in [-0.05, 0) is 48.8 Å². The number of aliphatic carboxylic acids is 1. The van der Waals surface area contributed by atoms with E-state index in [0.29, 0.717) is 34.4 Å². The first kappa shape index (κ1) is 18.1. The third kappa shape index (κ3) is 4.18. The lowest BCUT2D eigenvalue weighted by molar-refractivity contribution is -0.150. The van der Waals surface area contributed by atoms with E-state index in [1.165, 1.54) is 0 Å². The van der Waals surface area contributed by atoms with Crippen LogP contribution in [-0.4, -0.2) is 22.5 Å². The van der Waals surface area contributed by atoms with Gasteiger partial charge in [-0.15, -0.1) is 0 Å². The predicted molar refractivity (Wildman–Crippen MR) is 90.9 cm³/mol. The molecular formula is C17H21Cl2NO3. The number of carbonyl (C=O) groups is 2. The van der Waals surface area contributed by atoms with Crippen LogP contribution < -0.4 is 5.32 Å². The van der Waals surface area contributed by atoms with Crippen molar-refractivity contribution in [1.29, 1.82) is 0 Å². The van der Waals surface area contributed by atoms with E-state index in [1.54, 1.807) is 18.2 Å². The molecule has 1 aromatic rings. The molecule has 1 amide bonds. The van der Waals surface area contributed by atoms with Crippen molar-refractivity contribution in [2.75, 3.05) is 0 Å². The van der Waals surface area contributed by atoms with Crippen LogP contribution in [0.5, 0.6) is 0 Å². The standard InChI is InChI=1S/C17H21Cl2NO3/c1-10-5-6-17(16(22)23,9-11(10)2)20-15(21)7-12-3-4-13(18)8-14(12)19/h3-4,8,10-11H,5-7,9H2,1-2H3,(H,20,21)(H,22,23). The number of carboxylic acids is 1. The number of rotatable bonds is 4. The van der Waals surface area contributed by atoms with Crippen molar-refractivity contribution in [3.8, 4) is 0 Å². The molecule has 0 aromatic heterocycles. The maximum absolute atomic E-state index is 12.3. The molecular weight excluding hydrogens is 337 g/mol. The maximum atomic E-state index is 12.3. The van der Waals surface area contributed by atoms with Crippen molar-refractivity contribution in [2.24, 2.45) is 11.8 Å². The van der Waals surface area contributed by atoms with E-state index in [-0.39, 0.29) is 18.2 Å². The summed E-state index contributed by atoms with van der Waals surface area (Å²) in [7, 11) is 0. The predicted octanol–water partition coefficient (Wildman–Crippen LogP) is 3.93. The van der Waals surface area contributed by atoms with Gasteiger partial charge in [0.25, 0.3) is 0 Å². The normalized spacial score (nSPS) is 27.5. The SMILES string of the molecule is CC1CCC(NC(=O)Cc2ccc(Cl)cc2Cl)(C(=O)O)CC1C. The lowest BCUT2D eigenvalue weighted by Gasteiger charge is -2.40. The van der Waals surface area contributed by atoms with Crippen LogP contribution in [0.3, 0.4) is 0 Å². The molecule has 23 heavy (non-hydrogen) atoms. The zero-order valence-corrected chi connectivity index (χ0v) is 14.7. The fraction of sp³-hybridized carbons (Fsp3) is 0.529. The maximum Gasteiger partial charge on any atom is 0.329 e. The molecule has 0 bridgehead atoms. The van der Waals surface area contributed by atoms with Gasteiger partial charge in [-0.25, -0.2) is 4.79 Å². The molecule has 1 aliphatic rings. The highest BCUT2D eigenvalue weighted by molar-refractivity contribution is 6.35. The van der Waals surface area contributed by atoms with Crippen LogP contribution in [0.25, 0.3) is 0 Å². The molecule has 0 saturated heterocycles. The molecule has 1 saturated carbocycles. The van der Waals surface area contributed by atoms with Crippen LogP contribution in [-0.2, 0) is 16.0 Å². The second kappa shape index (κ2) is 7.10. The van der Waals surface area contributed by atoms with Gasteiger partial charge in [-0.2, -0.15) is 0 Å². The molecule has 0 radical (unpaired) electrons. The van der Waals surface area contributed by atoms with Gasteiger partial charge in [0.1, 0.15) is 5.54 Å². The highest BCUT2D eigenvalue weighted by Gasteiger charge is 2.45. The molecule has 1 aromatic carbocycles. The molecule has 4 nitrogen and oxygen atoms in total. The van der Waals surface area contributed by atoms with E-state index < -0.39 is 11.5 Å². The summed E-state index contributed by atoms with van der Waals surface area (Å²) in [5.74, 6) is -0.588. The summed E-state index contributed by atoms with van der Waals surface area (Å²) in [5, 5.41) is 13.3. The van der Waals surface area contributed by atoms with E-state index in [9.17, 15) is 14.7 Å². The van der Waals surface area contributed by atoms with Crippen molar-refractivity contribution in [3.63, 3.8) is 0 Å². The van der Waals surface area contributed by atoms with Crippen LogP contribution >= 0.6 is 23.2 Å². The number of carboxylic acid groups (broad SMARTS) is 1. The Bertz CT molecular complexity index is 620. The number of hydrogen-bond acceptors (Lipinski definition) is 2. The van der Waals surface area contributed by atoms with Crippen LogP contribution in [0.1, 0.15) is 38.7 Å². The first-order chi connectivity index (χ1) is 10.7. The minimum atomic E-state index is -1.18. The van der Waals surface area contributed by atoms with Crippen molar-refractivity contribution in [3.05, 3.63) is 33.8 Å². The van der Waals surface area contributed by atoms with E-state index >= 15 is 0 Å². The zero-order chi connectivity index (χ0) is 17.2. The molecule has 6 heteroatoms. The molecule has 126 valence electrons. The van der Waals surface area contributed by atoms with Gasteiger partial charge >= 0.3 is 5.97 Å². The Balaban J connectivity index is 2.11. The second-order valence-corrected chi connectivity index (χ2v) is 7.39. The summed E-state index contributed by atoms with van der Waals surface area (Å²) in [4.78, 5) is 24.1. The minimum absolute atomic E-state index is 0.0367. The monoisotopic (exact) mass is 357 g/mol. The Morgan fingerprint density at radius 1 is 1.30 bits per heavy atom. The Morgan fingerprint density at radius 2 is 2.00 bits per heavy atom. The van der Waals surface area contributed by atoms with E-state index in [1.807, 2.05) is 6.92 Å². The summed E-state index contributed by atoms with van der Waals surface area (Å²) < 4.78 is 0. The van der Waals surface area contributed by atoms with Gasteiger partial charge in [-0.3, -0.25) is 4.79 Å². The lowest BCUT2D eigenvalue weighted by Crippen LogP contribution is -2.58. The van der Waals surface area contributed by atoms with Crippen molar-refractivity contribution >= 4 is 35.1 Å². The summed E-state index contributed by atoms with van der Waals surface area (Å²) in [6, 6.07) is 4.92.